The summed E-state index contributed by atoms with van der Waals surface area (Å²) >= 11 is 0. The third-order valence-corrected chi connectivity index (χ3v) is 3.75. The van der Waals surface area contributed by atoms with E-state index in [9.17, 15) is 10.1 Å². The van der Waals surface area contributed by atoms with E-state index in [0.29, 0.717) is 0 Å². The molecule has 0 radical (unpaired) electrons. The number of hydrogen-bond donors (Lipinski definition) is 1. The molecule has 0 saturated heterocycles. The molecule has 0 bridgehead atoms. The molecule has 1 unspecified atom stereocenters. The topological polar surface area (TPSA) is 55.2 Å². The van der Waals surface area contributed by atoms with Crippen LogP contribution in [0.3, 0.4) is 0 Å². The van der Waals surface area contributed by atoms with Crippen LogP contribution in [0.4, 0.5) is 5.69 Å². The molecule has 1 atom stereocenters. The van der Waals surface area contributed by atoms with E-state index in [1.165, 1.54) is 11.1 Å². The van der Waals surface area contributed by atoms with Crippen molar-refractivity contribution in [1.29, 1.82) is 0 Å². The lowest BCUT2D eigenvalue weighted by molar-refractivity contribution is -0.384. The number of nitro groups is 1. The second-order valence-corrected chi connectivity index (χ2v) is 5.02. The summed E-state index contributed by atoms with van der Waals surface area (Å²) in [5.41, 5.74) is 3.85. The molecule has 4 heteroatoms. The number of non-ortho nitro benzene ring substituents is 1. The molecule has 2 aromatic carbocycles. The molecule has 4 nitrogen and oxygen atoms in total. The Morgan fingerprint density at radius 1 is 1.14 bits per heavy atom. The van der Waals surface area contributed by atoms with Gasteiger partial charge in [-0.3, -0.25) is 10.1 Å². The van der Waals surface area contributed by atoms with Gasteiger partial charge in [0.15, 0.2) is 0 Å². The van der Waals surface area contributed by atoms with Crippen LogP contribution in [0.15, 0.2) is 48.5 Å². The highest BCUT2D eigenvalue weighted by molar-refractivity contribution is 5.35. The van der Waals surface area contributed by atoms with Crippen molar-refractivity contribution in [2.24, 2.45) is 0 Å². The van der Waals surface area contributed by atoms with Gasteiger partial charge in [-0.15, -0.1) is 0 Å². The Hall–Kier alpha value is -2.20. The van der Waals surface area contributed by atoms with E-state index in [2.05, 4.69) is 36.5 Å². The maximum absolute atomic E-state index is 10.7. The molecule has 0 aliphatic heterocycles. The Kier molecular flexibility index (Phi) is 5.06. The number of nitrogens with one attached hydrogen (secondary N) is 1. The Labute approximate surface area is 125 Å². The van der Waals surface area contributed by atoms with Gasteiger partial charge >= 0.3 is 0 Å². The van der Waals surface area contributed by atoms with Crippen molar-refractivity contribution in [3.8, 4) is 0 Å². The Morgan fingerprint density at radius 3 is 2.38 bits per heavy atom. The summed E-state index contributed by atoms with van der Waals surface area (Å²) in [6.07, 6.45) is 1.81. The molecule has 2 rings (SSSR count). The Bertz CT molecular complexity index is 608. The fraction of sp³-hybridized carbons (Fsp3) is 0.294. The molecule has 0 aliphatic carbocycles. The largest absolute Gasteiger partial charge is 0.313 e. The van der Waals surface area contributed by atoms with Gasteiger partial charge in [0.25, 0.3) is 5.69 Å². The minimum atomic E-state index is -0.369. The van der Waals surface area contributed by atoms with E-state index in [0.717, 1.165) is 18.4 Å². The zero-order valence-corrected chi connectivity index (χ0v) is 12.4. The summed E-state index contributed by atoms with van der Waals surface area (Å²) in [5.74, 6) is 0. The molecule has 110 valence electrons. The SMILES string of the molecule is CCc1ccccc1C(Cc1ccc([N+](=O)[O-])cc1)NC. The Balaban J connectivity index is 2.20. The minimum absolute atomic E-state index is 0.133. The molecule has 21 heavy (non-hydrogen) atoms. The molecule has 0 saturated carbocycles. The first kappa shape index (κ1) is 15.2. The number of hydrogen-bond acceptors (Lipinski definition) is 3. The fourth-order valence-corrected chi connectivity index (χ4v) is 2.55. The van der Waals surface area contributed by atoms with Gasteiger partial charge in [-0.2, -0.15) is 0 Å². The monoisotopic (exact) mass is 284 g/mol. The predicted molar refractivity (Wildman–Crippen MR) is 84.4 cm³/mol. The van der Waals surface area contributed by atoms with Crippen LogP contribution in [0.25, 0.3) is 0 Å². The van der Waals surface area contributed by atoms with Gasteiger partial charge in [-0.05, 0) is 36.6 Å². The van der Waals surface area contributed by atoms with E-state index in [1.807, 2.05) is 19.2 Å². The molecule has 0 aromatic heterocycles. The van der Waals surface area contributed by atoms with Crippen LogP contribution in [0, 0.1) is 10.1 Å². The number of nitrogens with zero attached hydrogens (tertiary/aromatic N) is 1. The van der Waals surface area contributed by atoms with E-state index >= 15 is 0 Å². The first-order chi connectivity index (χ1) is 10.2. The van der Waals surface area contributed by atoms with Gasteiger partial charge in [-0.25, -0.2) is 0 Å². The van der Waals surface area contributed by atoms with Crippen LogP contribution in [0.5, 0.6) is 0 Å². The van der Waals surface area contributed by atoms with Gasteiger partial charge in [-0.1, -0.05) is 43.3 Å². The summed E-state index contributed by atoms with van der Waals surface area (Å²) in [4.78, 5) is 10.3. The molecule has 2 aromatic rings. The Morgan fingerprint density at radius 2 is 1.81 bits per heavy atom. The van der Waals surface area contributed by atoms with Crippen LogP contribution in [0.1, 0.15) is 29.7 Å². The molecule has 1 N–H and O–H groups in total. The highest BCUT2D eigenvalue weighted by Crippen LogP contribution is 2.23. The average Bonchev–Trinajstić information content (AvgIpc) is 2.53. The normalized spacial score (nSPS) is 12.1. The van der Waals surface area contributed by atoms with Crippen molar-refractivity contribution in [3.05, 3.63) is 75.3 Å². The summed E-state index contributed by atoms with van der Waals surface area (Å²) in [5, 5.41) is 14.0. The number of rotatable bonds is 6. The fourth-order valence-electron chi connectivity index (χ4n) is 2.55. The maximum Gasteiger partial charge on any atom is 0.269 e. The van der Waals surface area contributed by atoms with Gasteiger partial charge in [0.1, 0.15) is 0 Å². The van der Waals surface area contributed by atoms with E-state index in [-0.39, 0.29) is 16.7 Å². The molecular formula is C17H20N2O2. The lowest BCUT2D eigenvalue weighted by Gasteiger charge is -2.20. The van der Waals surface area contributed by atoms with Crippen LogP contribution >= 0.6 is 0 Å². The van der Waals surface area contributed by atoms with E-state index < -0.39 is 0 Å². The predicted octanol–water partition coefficient (Wildman–Crippen LogP) is 3.66. The van der Waals surface area contributed by atoms with Crippen LogP contribution in [0.2, 0.25) is 0 Å². The van der Waals surface area contributed by atoms with Gasteiger partial charge in [0.2, 0.25) is 0 Å². The highest BCUT2D eigenvalue weighted by atomic mass is 16.6. The number of benzene rings is 2. The van der Waals surface area contributed by atoms with Gasteiger partial charge < -0.3 is 5.32 Å². The molecule has 0 heterocycles. The van der Waals surface area contributed by atoms with Crippen molar-refractivity contribution < 1.29 is 4.92 Å². The zero-order chi connectivity index (χ0) is 15.2. The third kappa shape index (κ3) is 3.67. The lowest BCUT2D eigenvalue weighted by Crippen LogP contribution is -2.20. The van der Waals surface area contributed by atoms with Crippen molar-refractivity contribution in [1.82, 2.24) is 5.32 Å². The van der Waals surface area contributed by atoms with E-state index in [4.69, 9.17) is 0 Å². The standard InChI is InChI=1S/C17H20N2O2/c1-3-14-6-4-5-7-16(14)17(18-2)12-13-8-10-15(11-9-13)19(20)21/h4-11,17-18H,3,12H2,1-2H3. The van der Waals surface area contributed by atoms with Gasteiger partial charge in [0.05, 0.1) is 4.92 Å². The highest BCUT2D eigenvalue weighted by Gasteiger charge is 2.14. The van der Waals surface area contributed by atoms with Crippen LogP contribution < -0.4 is 5.32 Å². The third-order valence-electron chi connectivity index (χ3n) is 3.75. The number of likely N-dealkylation sites (N-methyl/N-ethyl adjacent to an activating group) is 1. The van der Waals surface area contributed by atoms with Crippen molar-refractivity contribution in [2.45, 2.75) is 25.8 Å². The van der Waals surface area contributed by atoms with Crippen molar-refractivity contribution in [3.63, 3.8) is 0 Å². The van der Waals surface area contributed by atoms with Crippen LogP contribution in [-0.2, 0) is 12.8 Å². The quantitative estimate of drug-likeness (QED) is 0.650. The molecule has 0 aliphatic rings. The second kappa shape index (κ2) is 6.99. The number of aryl methyl sites for hydroxylation is 1. The van der Waals surface area contributed by atoms with Gasteiger partial charge in [0, 0.05) is 18.2 Å². The smallest absolute Gasteiger partial charge is 0.269 e. The lowest BCUT2D eigenvalue weighted by atomic mass is 9.94. The van der Waals surface area contributed by atoms with E-state index in [1.54, 1.807) is 12.1 Å². The maximum atomic E-state index is 10.7. The molecule has 0 spiro atoms. The second-order valence-electron chi connectivity index (χ2n) is 5.02. The van der Waals surface area contributed by atoms with Crippen molar-refractivity contribution >= 4 is 5.69 Å². The first-order valence-corrected chi connectivity index (χ1v) is 7.14. The number of nitro benzene ring substituents is 1. The van der Waals surface area contributed by atoms with Crippen molar-refractivity contribution in [2.75, 3.05) is 7.05 Å². The summed E-state index contributed by atoms with van der Waals surface area (Å²) in [6, 6.07) is 15.4. The summed E-state index contributed by atoms with van der Waals surface area (Å²) < 4.78 is 0. The minimum Gasteiger partial charge on any atom is -0.313 e. The molecule has 0 amide bonds. The van der Waals surface area contributed by atoms with Crippen LogP contribution in [-0.4, -0.2) is 12.0 Å². The average molecular weight is 284 g/mol. The molecule has 0 fully saturated rings. The molecular weight excluding hydrogens is 264 g/mol. The summed E-state index contributed by atoms with van der Waals surface area (Å²) in [7, 11) is 1.95. The zero-order valence-electron chi connectivity index (χ0n) is 12.4. The first-order valence-electron chi connectivity index (χ1n) is 7.14. The summed E-state index contributed by atoms with van der Waals surface area (Å²) in [6.45, 7) is 2.15.